The van der Waals surface area contributed by atoms with Crippen molar-refractivity contribution in [2.45, 2.75) is 20.8 Å². The van der Waals surface area contributed by atoms with E-state index in [2.05, 4.69) is 4.98 Å². The Bertz CT molecular complexity index is 552. The number of fused-ring (bicyclic) bond motifs is 1. The molecule has 2 aromatic rings. The maximum absolute atomic E-state index is 11.8. The molecule has 1 aromatic heterocycles. The highest BCUT2D eigenvalue weighted by Gasteiger charge is 2.03. The number of benzene rings is 1. The number of aromatic nitrogens is 1. The van der Waals surface area contributed by atoms with Crippen molar-refractivity contribution in [3.63, 3.8) is 0 Å². The summed E-state index contributed by atoms with van der Waals surface area (Å²) < 4.78 is 0. The molecule has 1 N–H and O–H groups in total. The average molecular weight is 187 g/mol. The molecule has 0 saturated heterocycles. The monoisotopic (exact) mass is 187 g/mol. The largest absolute Gasteiger partial charge is 0.361 e. The number of nitrogens with one attached hydrogen (secondary N) is 1. The number of hydrogen-bond donors (Lipinski definition) is 1. The van der Waals surface area contributed by atoms with Crippen LogP contribution in [0.2, 0.25) is 0 Å². The Balaban J connectivity index is 2.97. The van der Waals surface area contributed by atoms with Gasteiger partial charge in [0, 0.05) is 22.7 Å². The topological polar surface area (TPSA) is 32.9 Å². The van der Waals surface area contributed by atoms with Crippen LogP contribution in [0.25, 0.3) is 10.9 Å². The number of aryl methyl sites for hydroxylation is 3. The lowest BCUT2D eigenvalue weighted by Gasteiger charge is -2.03. The Morgan fingerprint density at radius 1 is 1.00 bits per heavy atom. The molecule has 0 aliphatic carbocycles. The van der Waals surface area contributed by atoms with E-state index in [-0.39, 0.29) is 5.43 Å². The van der Waals surface area contributed by atoms with Crippen LogP contribution in [0.15, 0.2) is 23.1 Å². The molecular weight excluding hydrogens is 174 g/mol. The fourth-order valence-corrected chi connectivity index (χ4v) is 1.59. The van der Waals surface area contributed by atoms with Gasteiger partial charge in [0.25, 0.3) is 0 Å². The summed E-state index contributed by atoms with van der Waals surface area (Å²) in [5.41, 5.74) is 4.18. The lowest BCUT2D eigenvalue weighted by molar-refractivity contribution is 1.27. The summed E-state index contributed by atoms with van der Waals surface area (Å²) in [6, 6.07) is 3.97. The van der Waals surface area contributed by atoms with Crippen LogP contribution in [0.1, 0.15) is 16.7 Å². The van der Waals surface area contributed by atoms with E-state index in [4.69, 9.17) is 0 Å². The second-order valence-corrected chi connectivity index (χ2v) is 3.78. The molecule has 0 radical (unpaired) electrons. The number of aromatic amines is 1. The summed E-state index contributed by atoms with van der Waals surface area (Å²) in [6.07, 6.45) is 1.76. The van der Waals surface area contributed by atoms with Gasteiger partial charge in [0.15, 0.2) is 5.43 Å². The third-order valence-electron chi connectivity index (χ3n) is 2.68. The molecule has 72 valence electrons. The van der Waals surface area contributed by atoms with Crippen molar-refractivity contribution in [2.24, 2.45) is 0 Å². The average Bonchev–Trinajstić information content (AvgIpc) is 2.15. The van der Waals surface area contributed by atoms with Gasteiger partial charge in [0.1, 0.15) is 0 Å². The molecule has 0 atom stereocenters. The molecule has 0 aliphatic rings. The molecule has 0 unspecified atom stereocenters. The van der Waals surface area contributed by atoms with Crippen molar-refractivity contribution in [1.29, 1.82) is 0 Å². The van der Waals surface area contributed by atoms with Crippen LogP contribution in [0, 0.1) is 20.8 Å². The first kappa shape index (κ1) is 9.00. The molecule has 0 amide bonds. The van der Waals surface area contributed by atoms with Gasteiger partial charge in [-0.25, -0.2) is 0 Å². The molecule has 2 heteroatoms. The van der Waals surface area contributed by atoms with Crippen molar-refractivity contribution in [2.75, 3.05) is 0 Å². The van der Waals surface area contributed by atoms with E-state index in [0.29, 0.717) is 0 Å². The summed E-state index contributed by atoms with van der Waals surface area (Å²) in [5, 5.41) is 0.785. The first-order valence-electron chi connectivity index (χ1n) is 4.69. The second-order valence-electron chi connectivity index (χ2n) is 3.78. The highest BCUT2D eigenvalue weighted by Crippen LogP contribution is 2.14. The third-order valence-corrected chi connectivity index (χ3v) is 2.68. The normalized spacial score (nSPS) is 10.8. The standard InChI is InChI=1S/C12H13NO/c1-7-4-10-11(5-8(7)2)13-6-9(3)12(10)14/h4-6H,1-3H3,(H,13,14). The predicted octanol–water partition coefficient (Wildman–Crippen LogP) is 2.45. The van der Waals surface area contributed by atoms with Gasteiger partial charge < -0.3 is 4.98 Å². The van der Waals surface area contributed by atoms with Gasteiger partial charge in [-0.3, -0.25) is 4.79 Å². The van der Waals surface area contributed by atoms with Crippen LogP contribution < -0.4 is 5.43 Å². The van der Waals surface area contributed by atoms with E-state index < -0.39 is 0 Å². The lowest BCUT2D eigenvalue weighted by Crippen LogP contribution is -2.06. The molecule has 2 nitrogen and oxygen atoms in total. The molecule has 2 rings (SSSR count). The summed E-state index contributed by atoms with van der Waals surface area (Å²) >= 11 is 0. The number of pyridine rings is 1. The van der Waals surface area contributed by atoms with Crippen LogP contribution in [0.5, 0.6) is 0 Å². The zero-order valence-corrected chi connectivity index (χ0v) is 8.64. The van der Waals surface area contributed by atoms with E-state index in [1.54, 1.807) is 6.20 Å². The molecule has 0 spiro atoms. The van der Waals surface area contributed by atoms with Crippen molar-refractivity contribution >= 4 is 10.9 Å². The van der Waals surface area contributed by atoms with E-state index in [0.717, 1.165) is 22.0 Å². The minimum Gasteiger partial charge on any atom is -0.361 e. The van der Waals surface area contributed by atoms with Gasteiger partial charge in [-0.1, -0.05) is 0 Å². The molecule has 0 fully saturated rings. The van der Waals surface area contributed by atoms with Crippen LogP contribution in [-0.2, 0) is 0 Å². The minimum atomic E-state index is 0.127. The molecule has 0 bridgehead atoms. The number of H-pyrrole nitrogens is 1. The van der Waals surface area contributed by atoms with Crippen molar-refractivity contribution in [3.05, 3.63) is 45.2 Å². The highest BCUT2D eigenvalue weighted by molar-refractivity contribution is 5.80. The maximum atomic E-state index is 11.8. The van der Waals surface area contributed by atoms with Gasteiger partial charge in [-0.2, -0.15) is 0 Å². The molecule has 14 heavy (non-hydrogen) atoms. The Kier molecular flexibility index (Phi) is 1.92. The van der Waals surface area contributed by atoms with Gasteiger partial charge in [-0.15, -0.1) is 0 Å². The van der Waals surface area contributed by atoms with Crippen LogP contribution >= 0.6 is 0 Å². The smallest absolute Gasteiger partial charge is 0.192 e. The zero-order valence-electron chi connectivity index (χ0n) is 8.64. The Morgan fingerprint density at radius 2 is 1.64 bits per heavy atom. The van der Waals surface area contributed by atoms with E-state index in [1.165, 1.54) is 5.56 Å². The minimum absolute atomic E-state index is 0.127. The van der Waals surface area contributed by atoms with Crippen molar-refractivity contribution in [3.8, 4) is 0 Å². The van der Waals surface area contributed by atoms with Gasteiger partial charge in [0.2, 0.25) is 0 Å². The molecular formula is C12H13NO. The summed E-state index contributed by atoms with van der Waals surface area (Å²) in [4.78, 5) is 14.9. The van der Waals surface area contributed by atoms with Gasteiger partial charge in [-0.05, 0) is 44.0 Å². The Morgan fingerprint density at radius 3 is 2.36 bits per heavy atom. The first-order valence-corrected chi connectivity index (χ1v) is 4.69. The summed E-state index contributed by atoms with van der Waals surface area (Å²) in [7, 11) is 0. The van der Waals surface area contributed by atoms with Gasteiger partial charge in [0.05, 0.1) is 0 Å². The highest BCUT2D eigenvalue weighted by atomic mass is 16.1. The van der Waals surface area contributed by atoms with Gasteiger partial charge >= 0.3 is 0 Å². The third kappa shape index (κ3) is 1.23. The molecule has 1 heterocycles. The second kappa shape index (κ2) is 2.98. The molecule has 0 saturated carbocycles. The van der Waals surface area contributed by atoms with E-state index >= 15 is 0 Å². The van der Waals surface area contributed by atoms with Crippen molar-refractivity contribution < 1.29 is 0 Å². The quantitative estimate of drug-likeness (QED) is 0.675. The maximum Gasteiger partial charge on any atom is 0.192 e. The lowest BCUT2D eigenvalue weighted by atomic mass is 10.1. The zero-order chi connectivity index (χ0) is 10.3. The number of hydrogen-bond acceptors (Lipinski definition) is 1. The van der Waals surface area contributed by atoms with E-state index in [1.807, 2.05) is 32.9 Å². The van der Waals surface area contributed by atoms with Crippen LogP contribution in [0.4, 0.5) is 0 Å². The van der Waals surface area contributed by atoms with Crippen molar-refractivity contribution in [1.82, 2.24) is 4.98 Å². The Hall–Kier alpha value is -1.57. The van der Waals surface area contributed by atoms with E-state index in [9.17, 15) is 4.79 Å². The fraction of sp³-hybridized carbons (Fsp3) is 0.250. The molecule has 0 aliphatic heterocycles. The van der Waals surface area contributed by atoms with Crippen LogP contribution in [0.3, 0.4) is 0 Å². The SMILES string of the molecule is Cc1cc2[nH]cc(C)c(=O)c2cc1C. The molecule has 1 aromatic carbocycles. The predicted molar refractivity (Wildman–Crippen MR) is 58.8 cm³/mol. The summed E-state index contributed by atoms with van der Waals surface area (Å²) in [5.74, 6) is 0. The van der Waals surface area contributed by atoms with Crippen LogP contribution in [-0.4, -0.2) is 4.98 Å². The fourth-order valence-electron chi connectivity index (χ4n) is 1.59. The first-order chi connectivity index (χ1) is 6.59. The number of rotatable bonds is 0. The summed E-state index contributed by atoms with van der Waals surface area (Å²) in [6.45, 7) is 5.90. The Labute approximate surface area is 82.6 Å².